The molecule has 0 atom stereocenters. The standard InChI is InChI=1S/C11H9FN4/c1-2-16-11(10(7-13)14-15-16)8-3-5-9(12)6-4-8/h3-6H,2H2,1H3. The summed E-state index contributed by atoms with van der Waals surface area (Å²) in [5, 5.41) is 16.5. The molecule has 0 saturated carbocycles. The summed E-state index contributed by atoms with van der Waals surface area (Å²) in [4.78, 5) is 0. The predicted octanol–water partition coefficient (Wildman–Crippen LogP) is 1.98. The molecule has 0 fully saturated rings. The van der Waals surface area contributed by atoms with E-state index in [1.165, 1.54) is 12.1 Å². The number of aromatic nitrogens is 3. The predicted molar refractivity (Wildman–Crippen MR) is 55.8 cm³/mol. The molecule has 0 aliphatic rings. The van der Waals surface area contributed by atoms with Crippen LogP contribution in [0.25, 0.3) is 11.3 Å². The highest BCUT2D eigenvalue weighted by molar-refractivity contribution is 5.64. The summed E-state index contributed by atoms with van der Waals surface area (Å²) in [6.45, 7) is 2.52. The summed E-state index contributed by atoms with van der Waals surface area (Å²) < 4.78 is 14.4. The van der Waals surface area contributed by atoms with Crippen molar-refractivity contribution >= 4 is 0 Å². The Morgan fingerprint density at radius 1 is 1.38 bits per heavy atom. The van der Waals surface area contributed by atoms with E-state index in [4.69, 9.17) is 5.26 Å². The summed E-state index contributed by atoms with van der Waals surface area (Å²) in [7, 11) is 0. The van der Waals surface area contributed by atoms with Gasteiger partial charge in [0, 0.05) is 12.1 Å². The first-order chi connectivity index (χ1) is 7.76. The van der Waals surface area contributed by atoms with Crippen LogP contribution in [-0.4, -0.2) is 15.0 Å². The van der Waals surface area contributed by atoms with Gasteiger partial charge in [0.15, 0.2) is 5.69 Å². The molecule has 2 rings (SSSR count). The van der Waals surface area contributed by atoms with Crippen molar-refractivity contribution in [1.29, 1.82) is 5.26 Å². The number of nitriles is 1. The Labute approximate surface area is 91.9 Å². The monoisotopic (exact) mass is 216 g/mol. The zero-order valence-corrected chi connectivity index (χ0v) is 8.68. The van der Waals surface area contributed by atoms with Crippen molar-refractivity contribution in [3.8, 4) is 17.3 Å². The van der Waals surface area contributed by atoms with Crippen molar-refractivity contribution < 1.29 is 4.39 Å². The molecule has 16 heavy (non-hydrogen) atoms. The first-order valence-corrected chi connectivity index (χ1v) is 4.85. The van der Waals surface area contributed by atoms with Crippen LogP contribution >= 0.6 is 0 Å². The maximum absolute atomic E-state index is 12.8. The molecule has 5 heteroatoms. The number of nitrogens with zero attached hydrogens (tertiary/aromatic N) is 4. The average molecular weight is 216 g/mol. The van der Waals surface area contributed by atoms with Crippen LogP contribution in [0.5, 0.6) is 0 Å². The fraction of sp³-hybridized carbons (Fsp3) is 0.182. The summed E-state index contributed by atoms with van der Waals surface area (Å²) in [6, 6.07) is 7.90. The maximum atomic E-state index is 12.8. The van der Waals surface area contributed by atoms with Gasteiger partial charge in [-0.05, 0) is 31.2 Å². The molecule has 0 bridgehead atoms. The van der Waals surface area contributed by atoms with E-state index in [-0.39, 0.29) is 11.5 Å². The van der Waals surface area contributed by atoms with E-state index < -0.39 is 0 Å². The van der Waals surface area contributed by atoms with Crippen molar-refractivity contribution in [3.63, 3.8) is 0 Å². The molecule has 1 heterocycles. The van der Waals surface area contributed by atoms with Crippen LogP contribution in [0.3, 0.4) is 0 Å². The smallest absolute Gasteiger partial charge is 0.190 e. The molecule has 0 spiro atoms. The molecular formula is C11H9FN4. The lowest BCUT2D eigenvalue weighted by Gasteiger charge is -2.03. The average Bonchev–Trinajstić information content (AvgIpc) is 2.73. The van der Waals surface area contributed by atoms with E-state index >= 15 is 0 Å². The van der Waals surface area contributed by atoms with Crippen LogP contribution in [0.15, 0.2) is 24.3 Å². The van der Waals surface area contributed by atoms with Gasteiger partial charge in [-0.1, -0.05) is 5.21 Å². The van der Waals surface area contributed by atoms with Crippen LogP contribution in [0.2, 0.25) is 0 Å². The van der Waals surface area contributed by atoms with E-state index in [2.05, 4.69) is 10.3 Å². The van der Waals surface area contributed by atoms with Crippen LogP contribution in [0, 0.1) is 17.1 Å². The highest BCUT2D eigenvalue weighted by atomic mass is 19.1. The highest BCUT2D eigenvalue weighted by Gasteiger charge is 2.13. The first-order valence-electron chi connectivity index (χ1n) is 4.85. The number of aryl methyl sites for hydroxylation is 1. The number of halogens is 1. The van der Waals surface area contributed by atoms with E-state index in [0.717, 1.165) is 5.56 Å². The molecule has 1 aromatic carbocycles. The third kappa shape index (κ3) is 1.65. The quantitative estimate of drug-likeness (QED) is 0.771. The molecule has 0 saturated heterocycles. The van der Waals surface area contributed by atoms with Crippen LogP contribution < -0.4 is 0 Å². The van der Waals surface area contributed by atoms with E-state index in [1.807, 2.05) is 13.0 Å². The van der Waals surface area contributed by atoms with E-state index in [0.29, 0.717) is 12.2 Å². The third-order valence-corrected chi connectivity index (χ3v) is 2.26. The highest BCUT2D eigenvalue weighted by Crippen LogP contribution is 2.21. The van der Waals surface area contributed by atoms with Crippen molar-refractivity contribution in [2.45, 2.75) is 13.5 Å². The van der Waals surface area contributed by atoms with Crippen LogP contribution in [0.1, 0.15) is 12.6 Å². The van der Waals surface area contributed by atoms with Gasteiger partial charge in [-0.15, -0.1) is 5.10 Å². The second-order valence-electron chi connectivity index (χ2n) is 3.22. The lowest BCUT2D eigenvalue weighted by Crippen LogP contribution is -1.99. The summed E-state index contributed by atoms with van der Waals surface area (Å²) in [6.07, 6.45) is 0. The normalized spacial score (nSPS) is 10.1. The van der Waals surface area contributed by atoms with Gasteiger partial charge in [-0.25, -0.2) is 9.07 Å². The maximum Gasteiger partial charge on any atom is 0.190 e. The Balaban J connectivity index is 2.58. The van der Waals surface area contributed by atoms with Gasteiger partial charge in [0.25, 0.3) is 0 Å². The SMILES string of the molecule is CCn1nnc(C#N)c1-c1ccc(F)cc1. The van der Waals surface area contributed by atoms with Crippen molar-refractivity contribution in [1.82, 2.24) is 15.0 Å². The first kappa shape index (κ1) is 10.3. The molecule has 0 aliphatic carbocycles. The van der Waals surface area contributed by atoms with Gasteiger partial charge in [0.2, 0.25) is 0 Å². The van der Waals surface area contributed by atoms with Crippen molar-refractivity contribution in [2.75, 3.05) is 0 Å². The van der Waals surface area contributed by atoms with Gasteiger partial charge < -0.3 is 0 Å². The fourth-order valence-corrected chi connectivity index (χ4v) is 1.50. The molecule has 2 aromatic rings. The Morgan fingerprint density at radius 2 is 2.06 bits per heavy atom. The summed E-state index contributed by atoms with van der Waals surface area (Å²) >= 11 is 0. The largest absolute Gasteiger partial charge is 0.244 e. The molecule has 0 amide bonds. The molecule has 80 valence electrons. The molecular weight excluding hydrogens is 207 g/mol. The molecule has 0 radical (unpaired) electrons. The van der Waals surface area contributed by atoms with Crippen LogP contribution in [-0.2, 0) is 6.54 Å². The fourth-order valence-electron chi connectivity index (χ4n) is 1.50. The van der Waals surface area contributed by atoms with Gasteiger partial charge in [0.1, 0.15) is 17.6 Å². The molecule has 0 aliphatic heterocycles. The lowest BCUT2D eigenvalue weighted by molar-refractivity contribution is 0.625. The minimum atomic E-state index is -0.308. The zero-order valence-electron chi connectivity index (χ0n) is 8.68. The number of benzene rings is 1. The minimum Gasteiger partial charge on any atom is -0.244 e. The van der Waals surface area contributed by atoms with Gasteiger partial charge in [-0.3, -0.25) is 0 Å². The number of rotatable bonds is 2. The second-order valence-corrected chi connectivity index (χ2v) is 3.22. The van der Waals surface area contributed by atoms with E-state index in [1.54, 1.807) is 16.8 Å². The Morgan fingerprint density at radius 3 is 2.62 bits per heavy atom. The van der Waals surface area contributed by atoms with Crippen LogP contribution in [0.4, 0.5) is 4.39 Å². The molecule has 4 nitrogen and oxygen atoms in total. The Kier molecular flexibility index (Phi) is 2.64. The molecule has 1 aromatic heterocycles. The molecule has 0 unspecified atom stereocenters. The Bertz CT molecular complexity index is 536. The van der Waals surface area contributed by atoms with Crippen molar-refractivity contribution in [3.05, 3.63) is 35.8 Å². The number of hydrogen-bond donors (Lipinski definition) is 0. The summed E-state index contributed by atoms with van der Waals surface area (Å²) in [5.74, 6) is -0.308. The second kappa shape index (κ2) is 4.11. The summed E-state index contributed by atoms with van der Waals surface area (Å²) in [5.41, 5.74) is 1.63. The third-order valence-electron chi connectivity index (χ3n) is 2.26. The van der Waals surface area contributed by atoms with Gasteiger partial charge in [-0.2, -0.15) is 5.26 Å². The lowest BCUT2D eigenvalue weighted by atomic mass is 10.1. The zero-order chi connectivity index (χ0) is 11.5. The topological polar surface area (TPSA) is 54.5 Å². The molecule has 0 N–H and O–H groups in total. The van der Waals surface area contributed by atoms with E-state index in [9.17, 15) is 4.39 Å². The van der Waals surface area contributed by atoms with Crippen molar-refractivity contribution in [2.24, 2.45) is 0 Å². The minimum absolute atomic E-state index is 0.258. The van der Waals surface area contributed by atoms with Gasteiger partial charge >= 0.3 is 0 Å². The Hall–Kier alpha value is -2.22. The number of hydrogen-bond acceptors (Lipinski definition) is 3. The van der Waals surface area contributed by atoms with Gasteiger partial charge in [0.05, 0.1) is 0 Å².